The molecule has 0 saturated carbocycles. The maximum atomic E-state index is 13.5. The van der Waals surface area contributed by atoms with Crippen molar-refractivity contribution in [1.82, 2.24) is 0 Å². The van der Waals surface area contributed by atoms with Gasteiger partial charge in [0, 0.05) is 11.4 Å². The fraction of sp³-hybridized carbons (Fsp3) is 0.188. The van der Waals surface area contributed by atoms with Crippen LogP contribution in [0.25, 0.3) is 0 Å². The third-order valence-electron chi connectivity index (χ3n) is 3.03. The van der Waals surface area contributed by atoms with Gasteiger partial charge >= 0.3 is 0 Å². The highest BCUT2D eigenvalue weighted by molar-refractivity contribution is 7.98. The zero-order valence-corrected chi connectivity index (χ0v) is 12.0. The molecule has 4 heteroatoms. The van der Waals surface area contributed by atoms with Crippen LogP contribution in [0.3, 0.4) is 0 Å². The number of nitriles is 1. The minimum atomic E-state index is -0.187. The van der Waals surface area contributed by atoms with E-state index in [-0.39, 0.29) is 5.82 Å². The highest BCUT2D eigenvalue weighted by Gasteiger charge is 2.07. The summed E-state index contributed by atoms with van der Waals surface area (Å²) in [6.07, 6.45) is 2.53. The van der Waals surface area contributed by atoms with Crippen LogP contribution in [0.1, 0.15) is 11.1 Å². The Bertz CT molecular complexity index is 635. The maximum absolute atomic E-state index is 13.5. The van der Waals surface area contributed by atoms with Crippen molar-refractivity contribution in [3.05, 3.63) is 59.4 Å². The molecule has 20 heavy (non-hydrogen) atoms. The molecule has 102 valence electrons. The van der Waals surface area contributed by atoms with E-state index in [0.29, 0.717) is 24.1 Å². The predicted molar refractivity (Wildman–Crippen MR) is 81.5 cm³/mol. The van der Waals surface area contributed by atoms with E-state index in [2.05, 4.69) is 11.4 Å². The van der Waals surface area contributed by atoms with Crippen molar-refractivity contribution < 1.29 is 4.39 Å². The number of nitrogens with zero attached hydrogens (tertiary/aromatic N) is 1. The van der Waals surface area contributed by atoms with Crippen LogP contribution >= 0.6 is 11.8 Å². The summed E-state index contributed by atoms with van der Waals surface area (Å²) in [6, 6.07) is 14.7. The van der Waals surface area contributed by atoms with Crippen molar-refractivity contribution >= 4 is 17.4 Å². The molecule has 0 saturated heterocycles. The van der Waals surface area contributed by atoms with Gasteiger partial charge < -0.3 is 5.32 Å². The average Bonchev–Trinajstić information content (AvgIpc) is 2.48. The molecule has 0 aliphatic rings. The zero-order chi connectivity index (χ0) is 14.4. The standard InChI is InChI=1S/C16H15FN2S/c1-20-16-8-4-7-15(13(16)11-18)19-10-9-12-5-2-3-6-14(12)17/h2-8,19H,9-10H2,1H3. The van der Waals surface area contributed by atoms with Crippen LogP contribution in [-0.2, 0) is 6.42 Å². The zero-order valence-electron chi connectivity index (χ0n) is 11.2. The van der Waals surface area contributed by atoms with E-state index in [1.165, 1.54) is 6.07 Å². The molecule has 2 aromatic rings. The first-order chi connectivity index (χ1) is 9.76. The van der Waals surface area contributed by atoms with Gasteiger partial charge in [-0.15, -0.1) is 11.8 Å². The van der Waals surface area contributed by atoms with Gasteiger partial charge in [0.2, 0.25) is 0 Å². The Morgan fingerprint density at radius 3 is 2.70 bits per heavy atom. The molecule has 0 heterocycles. The topological polar surface area (TPSA) is 35.8 Å². The molecular formula is C16H15FN2S. The molecule has 0 bridgehead atoms. The van der Waals surface area contributed by atoms with Gasteiger partial charge in [0.15, 0.2) is 0 Å². The van der Waals surface area contributed by atoms with Crippen LogP contribution < -0.4 is 5.32 Å². The minimum Gasteiger partial charge on any atom is -0.384 e. The Hall–Kier alpha value is -1.99. The molecule has 2 rings (SSSR count). The Morgan fingerprint density at radius 1 is 1.20 bits per heavy atom. The Labute approximate surface area is 122 Å². The molecule has 0 amide bonds. The summed E-state index contributed by atoms with van der Waals surface area (Å²) >= 11 is 1.54. The van der Waals surface area contributed by atoms with Crippen molar-refractivity contribution in [2.24, 2.45) is 0 Å². The first-order valence-electron chi connectivity index (χ1n) is 6.30. The van der Waals surface area contributed by atoms with E-state index in [9.17, 15) is 9.65 Å². The molecule has 0 fully saturated rings. The summed E-state index contributed by atoms with van der Waals surface area (Å²) in [5.41, 5.74) is 2.13. The molecular weight excluding hydrogens is 271 g/mol. The lowest BCUT2D eigenvalue weighted by Crippen LogP contribution is -2.07. The molecule has 0 radical (unpaired) electrons. The van der Waals surface area contributed by atoms with Crippen molar-refractivity contribution in [2.45, 2.75) is 11.3 Å². The van der Waals surface area contributed by atoms with Gasteiger partial charge in [-0.3, -0.25) is 0 Å². The van der Waals surface area contributed by atoms with Gasteiger partial charge in [-0.2, -0.15) is 5.26 Å². The van der Waals surface area contributed by atoms with Gasteiger partial charge in [-0.05, 0) is 36.4 Å². The van der Waals surface area contributed by atoms with Crippen molar-refractivity contribution in [3.8, 4) is 6.07 Å². The van der Waals surface area contributed by atoms with E-state index in [1.807, 2.05) is 30.5 Å². The van der Waals surface area contributed by atoms with E-state index in [1.54, 1.807) is 23.9 Å². The summed E-state index contributed by atoms with van der Waals surface area (Å²) in [5.74, 6) is -0.187. The average molecular weight is 286 g/mol. The normalized spacial score (nSPS) is 10.1. The Balaban J connectivity index is 2.05. The Morgan fingerprint density at radius 2 is 2.00 bits per heavy atom. The van der Waals surface area contributed by atoms with Crippen LogP contribution in [0, 0.1) is 17.1 Å². The number of anilines is 1. The molecule has 0 unspecified atom stereocenters. The molecule has 0 aliphatic carbocycles. The largest absolute Gasteiger partial charge is 0.384 e. The smallest absolute Gasteiger partial charge is 0.126 e. The summed E-state index contributed by atoms with van der Waals surface area (Å²) in [5, 5.41) is 12.4. The third-order valence-corrected chi connectivity index (χ3v) is 3.81. The van der Waals surface area contributed by atoms with E-state index in [0.717, 1.165) is 10.6 Å². The molecule has 1 N–H and O–H groups in total. The van der Waals surface area contributed by atoms with Crippen LogP contribution in [0.2, 0.25) is 0 Å². The number of thioether (sulfide) groups is 1. The van der Waals surface area contributed by atoms with Gasteiger partial charge in [-0.25, -0.2) is 4.39 Å². The first kappa shape index (κ1) is 14.4. The maximum Gasteiger partial charge on any atom is 0.126 e. The molecule has 0 aliphatic heterocycles. The lowest BCUT2D eigenvalue weighted by atomic mass is 10.1. The monoisotopic (exact) mass is 286 g/mol. The second kappa shape index (κ2) is 6.97. The van der Waals surface area contributed by atoms with Crippen LogP contribution in [0.4, 0.5) is 10.1 Å². The van der Waals surface area contributed by atoms with Gasteiger partial charge in [-0.1, -0.05) is 24.3 Å². The van der Waals surface area contributed by atoms with Crippen molar-refractivity contribution in [2.75, 3.05) is 18.1 Å². The fourth-order valence-electron chi connectivity index (χ4n) is 2.00. The highest BCUT2D eigenvalue weighted by Crippen LogP contribution is 2.26. The molecule has 0 atom stereocenters. The van der Waals surface area contributed by atoms with Crippen LogP contribution in [0.5, 0.6) is 0 Å². The lowest BCUT2D eigenvalue weighted by Gasteiger charge is -2.10. The molecule has 2 nitrogen and oxygen atoms in total. The summed E-state index contributed by atoms with van der Waals surface area (Å²) in [7, 11) is 0. The number of halogens is 1. The third kappa shape index (κ3) is 3.31. The summed E-state index contributed by atoms with van der Waals surface area (Å²) in [4.78, 5) is 0.948. The number of nitrogens with one attached hydrogen (secondary N) is 1. The summed E-state index contributed by atoms with van der Waals surface area (Å²) < 4.78 is 13.5. The van der Waals surface area contributed by atoms with Gasteiger partial charge in [0.05, 0.1) is 11.3 Å². The van der Waals surface area contributed by atoms with Gasteiger partial charge in [0.25, 0.3) is 0 Å². The quantitative estimate of drug-likeness (QED) is 0.841. The fourth-order valence-corrected chi connectivity index (χ4v) is 2.57. The SMILES string of the molecule is CSc1cccc(NCCc2ccccc2F)c1C#N. The molecule has 2 aromatic carbocycles. The second-order valence-electron chi connectivity index (χ2n) is 4.26. The second-order valence-corrected chi connectivity index (χ2v) is 5.11. The minimum absolute atomic E-state index is 0.187. The van der Waals surface area contributed by atoms with Crippen LogP contribution in [-0.4, -0.2) is 12.8 Å². The highest BCUT2D eigenvalue weighted by atomic mass is 32.2. The summed E-state index contributed by atoms with van der Waals surface area (Å²) in [6.45, 7) is 0.591. The number of benzene rings is 2. The van der Waals surface area contributed by atoms with E-state index in [4.69, 9.17) is 0 Å². The predicted octanol–water partition coefficient (Wildman–Crippen LogP) is 4.07. The first-order valence-corrected chi connectivity index (χ1v) is 7.53. The Kier molecular flexibility index (Phi) is 5.03. The van der Waals surface area contributed by atoms with Crippen LogP contribution in [0.15, 0.2) is 47.4 Å². The van der Waals surface area contributed by atoms with Crippen molar-refractivity contribution in [3.63, 3.8) is 0 Å². The van der Waals surface area contributed by atoms with E-state index < -0.39 is 0 Å². The number of hydrogen-bond acceptors (Lipinski definition) is 3. The van der Waals surface area contributed by atoms with Gasteiger partial charge in [0.1, 0.15) is 11.9 Å². The van der Waals surface area contributed by atoms with Crippen molar-refractivity contribution in [1.29, 1.82) is 5.26 Å². The van der Waals surface area contributed by atoms with E-state index >= 15 is 0 Å². The lowest BCUT2D eigenvalue weighted by molar-refractivity contribution is 0.610. The number of hydrogen-bond donors (Lipinski definition) is 1. The molecule has 0 spiro atoms. The number of rotatable bonds is 5. The molecule has 0 aromatic heterocycles.